The molecule has 6 nitrogen and oxygen atoms in total. The van der Waals surface area contributed by atoms with Crippen LogP contribution in [0.4, 0.5) is 5.69 Å². The Kier molecular flexibility index (Phi) is 7.64. The van der Waals surface area contributed by atoms with E-state index in [1.807, 2.05) is 6.07 Å². The molecule has 1 aliphatic heterocycles. The Morgan fingerprint density at radius 3 is 2.66 bits per heavy atom. The van der Waals surface area contributed by atoms with Crippen LogP contribution in [0, 0.1) is 0 Å². The quantitative estimate of drug-likeness (QED) is 0.628. The molecule has 1 heterocycles. The molecular weight excluding hydrogens is 368 g/mol. The molecule has 0 aromatic heterocycles. The third-order valence-electron chi connectivity index (χ3n) is 4.76. The topological polar surface area (TPSA) is 76.7 Å². The maximum Gasteiger partial charge on any atom is 0.255 e. The van der Waals surface area contributed by atoms with Gasteiger partial charge in [-0.05, 0) is 55.7 Å². The SMILES string of the molecule is CCCCOc1cccc(C(=O)Nc2cccc(C(=O)NCC3CCCO3)c2)c1. The van der Waals surface area contributed by atoms with Crippen LogP contribution in [-0.4, -0.2) is 37.7 Å². The second kappa shape index (κ2) is 10.6. The molecule has 2 aromatic rings. The highest BCUT2D eigenvalue weighted by Gasteiger charge is 2.17. The zero-order valence-electron chi connectivity index (χ0n) is 16.8. The number of ether oxygens (including phenoxy) is 2. The number of anilines is 1. The summed E-state index contributed by atoms with van der Waals surface area (Å²) in [6.45, 7) is 3.99. The first-order valence-corrected chi connectivity index (χ1v) is 10.2. The van der Waals surface area contributed by atoms with E-state index in [9.17, 15) is 9.59 Å². The molecule has 1 atom stereocenters. The van der Waals surface area contributed by atoms with Crippen LogP contribution >= 0.6 is 0 Å². The lowest BCUT2D eigenvalue weighted by atomic mass is 10.1. The summed E-state index contributed by atoms with van der Waals surface area (Å²) in [5.41, 5.74) is 1.57. The van der Waals surface area contributed by atoms with Crippen LogP contribution in [0.1, 0.15) is 53.3 Å². The predicted molar refractivity (Wildman–Crippen MR) is 113 cm³/mol. The van der Waals surface area contributed by atoms with E-state index in [0.717, 1.165) is 32.3 Å². The molecule has 0 saturated carbocycles. The zero-order chi connectivity index (χ0) is 20.5. The van der Waals surface area contributed by atoms with Gasteiger partial charge < -0.3 is 20.1 Å². The summed E-state index contributed by atoms with van der Waals surface area (Å²) in [6, 6.07) is 14.0. The van der Waals surface area contributed by atoms with Crippen LogP contribution in [-0.2, 0) is 4.74 Å². The molecule has 0 aliphatic carbocycles. The van der Waals surface area contributed by atoms with Crippen LogP contribution in [0.5, 0.6) is 5.75 Å². The van der Waals surface area contributed by atoms with Crippen molar-refractivity contribution < 1.29 is 19.1 Å². The standard InChI is InChI=1S/C23H28N2O4/c1-2-3-12-28-20-10-5-8-18(15-20)23(27)25-19-9-4-7-17(14-19)22(26)24-16-21-11-6-13-29-21/h4-5,7-10,14-15,21H,2-3,6,11-13,16H2,1H3,(H,24,26)(H,25,27). The Morgan fingerprint density at radius 1 is 1.10 bits per heavy atom. The van der Waals surface area contributed by atoms with Gasteiger partial charge in [-0.15, -0.1) is 0 Å². The molecule has 154 valence electrons. The van der Waals surface area contributed by atoms with E-state index in [2.05, 4.69) is 17.6 Å². The van der Waals surface area contributed by atoms with E-state index in [1.54, 1.807) is 42.5 Å². The highest BCUT2D eigenvalue weighted by Crippen LogP contribution is 2.17. The maximum atomic E-state index is 12.6. The van der Waals surface area contributed by atoms with Crippen molar-refractivity contribution in [3.63, 3.8) is 0 Å². The van der Waals surface area contributed by atoms with Gasteiger partial charge in [-0.1, -0.05) is 25.5 Å². The number of carbonyl (C=O) groups excluding carboxylic acids is 2. The average molecular weight is 396 g/mol. The zero-order valence-corrected chi connectivity index (χ0v) is 16.8. The molecule has 2 N–H and O–H groups in total. The van der Waals surface area contributed by atoms with Gasteiger partial charge in [0.2, 0.25) is 0 Å². The lowest BCUT2D eigenvalue weighted by molar-refractivity contribution is 0.0857. The molecule has 1 unspecified atom stereocenters. The molecule has 29 heavy (non-hydrogen) atoms. The van der Waals surface area contributed by atoms with E-state index < -0.39 is 0 Å². The lowest BCUT2D eigenvalue weighted by Gasteiger charge is -2.12. The second-order valence-corrected chi connectivity index (χ2v) is 7.11. The minimum Gasteiger partial charge on any atom is -0.494 e. The number of rotatable bonds is 9. The van der Waals surface area contributed by atoms with Crippen molar-refractivity contribution in [3.05, 3.63) is 59.7 Å². The Bertz CT molecular complexity index is 831. The molecule has 1 aliphatic rings. The summed E-state index contributed by atoms with van der Waals surface area (Å²) in [6.07, 6.45) is 4.12. The van der Waals surface area contributed by atoms with Gasteiger partial charge in [-0.25, -0.2) is 0 Å². The van der Waals surface area contributed by atoms with Gasteiger partial charge in [0.1, 0.15) is 5.75 Å². The Labute approximate surface area is 171 Å². The Morgan fingerprint density at radius 2 is 1.90 bits per heavy atom. The van der Waals surface area contributed by atoms with E-state index >= 15 is 0 Å². The largest absolute Gasteiger partial charge is 0.494 e. The first-order valence-electron chi connectivity index (χ1n) is 10.2. The van der Waals surface area contributed by atoms with Gasteiger partial charge in [0, 0.05) is 30.0 Å². The van der Waals surface area contributed by atoms with E-state index in [0.29, 0.717) is 35.7 Å². The summed E-state index contributed by atoms with van der Waals surface area (Å²) in [4.78, 5) is 25.0. The minimum absolute atomic E-state index is 0.0913. The van der Waals surface area contributed by atoms with Gasteiger partial charge in [0.15, 0.2) is 0 Å². The fraction of sp³-hybridized carbons (Fsp3) is 0.391. The third kappa shape index (κ3) is 6.32. The fourth-order valence-electron chi connectivity index (χ4n) is 3.12. The van der Waals surface area contributed by atoms with Gasteiger partial charge in [-0.2, -0.15) is 0 Å². The molecule has 0 bridgehead atoms. The highest BCUT2D eigenvalue weighted by atomic mass is 16.5. The normalized spacial score (nSPS) is 15.7. The average Bonchev–Trinajstić information content (AvgIpc) is 3.26. The first kappa shape index (κ1) is 20.9. The molecule has 2 amide bonds. The number of hydrogen-bond donors (Lipinski definition) is 2. The number of carbonyl (C=O) groups is 2. The van der Waals surface area contributed by atoms with Crippen LogP contribution in [0.2, 0.25) is 0 Å². The summed E-state index contributed by atoms with van der Waals surface area (Å²) < 4.78 is 11.2. The van der Waals surface area contributed by atoms with E-state index in [4.69, 9.17) is 9.47 Å². The summed E-state index contributed by atoms with van der Waals surface area (Å²) in [5.74, 6) is 0.249. The van der Waals surface area contributed by atoms with Crippen LogP contribution < -0.4 is 15.4 Å². The molecule has 3 rings (SSSR count). The van der Waals surface area contributed by atoms with Gasteiger partial charge in [0.25, 0.3) is 11.8 Å². The fourth-order valence-corrected chi connectivity index (χ4v) is 3.12. The van der Waals surface area contributed by atoms with Gasteiger partial charge >= 0.3 is 0 Å². The highest BCUT2D eigenvalue weighted by molar-refractivity contribution is 6.05. The lowest BCUT2D eigenvalue weighted by Crippen LogP contribution is -2.31. The second-order valence-electron chi connectivity index (χ2n) is 7.11. The third-order valence-corrected chi connectivity index (χ3v) is 4.76. The monoisotopic (exact) mass is 396 g/mol. The molecule has 1 saturated heterocycles. The molecule has 6 heteroatoms. The summed E-state index contributed by atoms with van der Waals surface area (Å²) in [5, 5.41) is 5.74. The summed E-state index contributed by atoms with van der Waals surface area (Å²) >= 11 is 0. The number of benzene rings is 2. The maximum absolute atomic E-state index is 12.6. The molecule has 1 fully saturated rings. The van der Waals surface area contributed by atoms with Crippen LogP contribution in [0.25, 0.3) is 0 Å². The molecule has 0 spiro atoms. The van der Waals surface area contributed by atoms with Crippen molar-refractivity contribution in [1.29, 1.82) is 0 Å². The number of nitrogens with one attached hydrogen (secondary N) is 2. The Balaban J connectivity index is 1.58. The number of hydrogen-bond acceptors (Lipinski definition) is 4. The number of unbranched alkanes of at least 4 members (excludes halogenated alkanes) is 1. The van der Waals surface area contributed by atoms with Crippen molar-refractivity contribution in [2.24, 2.45) is 0 Å². The van der Waals surface area contributed by atoms with Crippen molar-refractivity contribution in [3.8, 4) is 5.75 Å². The summed E-state index contributed by atoms with van der Waals surface area (Å²) in [7, 11) is 0. The van der Waals surface area contributed by atoms with Gasteiger partial charge in [-0.3, -0.25) is 9.59 Å². The molecule has 2 aromatic carbocycles. The van der Waals surface area contributed by atoms with Crippen molar-refractivity contribution >= 4 is 17.5 Å². The van der Waals surface area contributed by atoms with E-state index in [-0.39, 0.29) is 17.9 Å². The van der Waals surface area contributed by atoms with Crippen molar-refractivity contribution in [2.75, 3.05) is 25.1 Å². The smallest absolute Gasteiger partial charge is 0.255 e. The van der Waals surface area contributed by atoms with E-state index in [1.165, 1.54) is 0 Å². The van der Waals surface area contributed by atoms with Crippen LogP contribution in [0.3, 0.4) is 0 Å². The minimum atomic E-state index is -0.247. The first-order chi connectivity index (χ1) is 14.2. The molecular formula is C23H28N2O4. The Hall–Kier alpha value is -2.86. The predicted octanol–water partition coefficient (Wildman–Crippen LogP) is 4.03. The van der Waals surface area contributed by atoms with Crippen LogP contribution in [0.15, 0.2) is 48.5 Å². The van der Waals surface area contributed by atoms with Crippen molar-refractivity contribution in [2.45, 2.75) is 38.7 Å². The molecule has 0 radical (unpaired) electrons. The number of amides is 2. The van der Waals surface area contributed by atoms with Gasteiger partial charge in [0.05, 0.1) is 12.7 Å². The van der Waals surface area contributed by atoms with Crippen molar-refractivity contribution in [1.82, 2.24) is 5.32 Å².